The zero-order chi connectivity index (χ0) is 34.6. The van der Waals surface area contributed by atoms with E-state index in [1.165, 1.54) is 9.80 Å². The lowest BCUT2D eigenvalue weighted by atomic mass is 9.70. The third kappa shape index (κ3) is 6.70. The number of fused-ring (bicyclic) bond motifs is 1. The second kappa shape index (κ2) is 15.4. The second-order valence-electron chi connectivity index (χ2n) is 12.4. The number of likely N-dealkylation sites (tertiary alicyclic amines) is 1. The van der Waals surface area contributed by atoms with Crippen LogP contribution in [0.1, 0.15) is 42.9 Å². The number of aryl methyl sites for hydroxylation is 1. The van der Waals surface area contributed by atoms with Crippen molar-refractivity contribution in [2.45, 2.75) is 61.2 Å². The van der Waals surface area contributed by atoms with Crippen LogP contribution in [0.5, 0.6) is 0 Å². The molecule has 48 heavy (non-hydrogen) atoms. The van der Waals surface area contributed by atoms with Crippen LogP contribution in [-0.4, -0.2) is 82.6 Å². The predicted octanol–water partition coefficient (Wildman–Crippen LogP) is 4.66. The smallest absolute Gasteiger partial charge is 0.306 e. The Kier molecular flexibility index (Phi) is 11.5. The molecule has 3 aliphatic rings. The number of esters is 1. The lowest BCUT2D eigenvalue weighted by Gasteiger charge is -2.37. The highest BCUT2D eigenvalue weighted by molar-refractivity contribution is 9.09. The molecular weight excluding hydrogens is 702 g/mol. The number of alkyl halides is 1. The Hall–Kier alpha value is -3.51. The van der Waals surface area contributed by atoms with E-state index in [9.17, 15) is 24.3 Å². The molecule has 3 aliphatic heterocycles. The van der Waals surface area contributed by atoms with Crippen LogP contribution in [-0.2, 0) is 28.7 Å². The number of allylic oxidation sites excluding steroid dienone is 1. The molecule has 0 aliphatic carbocycles. The van der Waals surface area contributed by atoms with Crippen molar-refractivity contribution in [2.75, 3.05) is 31.2 Å². The first-order valence-corrected chi connectivity index (χ1v) is 17.4. The largest absolute Gasteiger partial charge is 0.463 e. The van der Waals surface area contributed by atoms with E-state index in [2.05, 4.69) is 34.4 Å². The molecule has 0 radical (unpaired) electrons. The standard InChI is InChI=1S/C36H41BrClN3O7/c1-4-6-16-27(43)47-21-26(23-13-8-7-9-14-23)39-33(44)28-29-34(45)41(18-11-19-42)32(36(29)20-24(37)31(28)48-36)35(46)40(17-5-2)30-22(3)12-10-15-25(30)38/h4-5,7-10,12-15,24,26,28-29,31-32,42H,1-2,6,11,16-21H2,3H3,(H,39,44)/t24?,26-,28+,29-,31+,32+,36-/m0/s1. The monoisotopic (exact) mass is 741 g/mol. The number of nitrogens with zero attached hydrogens (tertiary/aromatic N) is 2. The van der Waals surface area contributed by atoms with Crippen LogP contribution < -0.4 is 10.2 Å². The highest BCUT2D eigenvalue weighted by Gasteiger charge is 2.76. The van der Waals surface area contributed by atoms with E-state index in [4.69, 9.17) is 21.1 Å². The Bertz CT molecular complexity index is 1540. The molecule has 3 fully saturated rings. The van der Waals surface area contributed by atoms with Gasteiger partial charge in [-0.2, -0.15) is 0 Å². The molecule has 2 aromatic rings. The van der Waals surface area contributed by atoms with Crippen LogP contribution in [0.2, 0.25) is 5.02 Å². The molecule has 5 rings (SSSR count). The van der Waals surface area contributed by atoms with Crippen molar-refractivity contribution in [2.24, 2.45) is 11.8 Å². The fourth-order valence-electron chi connectivity index (χ4n) is 7.37. The SMILES string of the molecule is C=CCCC(=O)OC[C@H](NC(=O)[C@H]1[C@@H]2O[C@@]3(CC2Br)[C@@H]1C(=O)N(CCCO)[C@@H]3C(=O)N(CC=C)c1c(C)cccc1Cl)c1ccccc1. The molecule has 10 nitrogen and oxygen atoms in total. The van der Waals surface area contributed by atoms with Gasteiger partial charge in [0.15, 0.2) is 0 Å². The molecule has 12 heteroatoms. The first kappa shape index (κ1) is 35.8. The van der Waals surface area contributed by atoms with Crippen molar-refractivity contribution >= 4 is 56.9 Å². The first-order chi connectivity index (χ1) is 23.1. The quantitative estimate of drug-likeness (QED) is 0.155. The number of aliphatic hydroxyl groups excluding tert-OH is 1. The van der Waals surface area contributed by atoms with Gasteiger partial charge in [0.1, 0.15) is 18.2 Å². The van der Waals surface area contributed by atoms with Crippen molar-refractivity contribution in [1.82, 2.24) is 10.2 Å². The molecule has 0 saturated carbocycles. The summed E-state index contributed by atoms with van der Waals surface area (Å²) in [5, 5.41) is 13.1. The minimum absolute atomic E-state index is 0.0933. The van der Waals surface area contributed by atoms with Crippen LogP contribution in [0.25, 0.3) is 0 Å². The van der Waals surface area contributed by atoms with E-state index >= 15 is 0 Å². The molecule has 256 valence electrons. The molecule has 1 unspecified atom stereocenters. The number of ether oxygens (including phenoxy) is 2. The van der Waals surface area contributed by atoms with Gasteiger partial charge in [-0.3, -0.25) is 19.2 Å². The van der Waals surface area contributed by atoms with E-state index in [1.807, 2.05) is 43.3 Å². The number of hydrogen-bond acceptors (Lipinski definition) is 7. The molecule has 2 bridgehead atoms. The minimum atomic E-state index is -1.32. The molecule has 7 atom stereocenters. The lowest BCUT2D eigenvalue weighted by Crippen LogP contribution is -2.57. The Morgan fingerprint density at radius 2 is 1.96 bits per heavy atom. The molecule has 3 heterocycles. The lowest BCUT2D eigenvalue weighted by molar-refractivity contribution is -0.145. The third-order valence-electron chi connectivity index (χ3n) is 9.40. The summed E-state index contributed by atoms with van der Waals surface area (Å²) in [4.78, 5) is 58.5. The number of benzene rings is 2. The fourth-order valence-corrected chi connectivity index (χ4v) is 8.63. The van der Waals surface area contributed by atoms with Gasteiger partial charge in [0.2, 0.25) is 11.8 Å². The summed E-state index contributed by atoms with van der Waals surface area (Å²) in [6, 6.07) is 12.7. The van der Waals surface area contributed by atoms with E-state index in [-0.39, 0.29) is 49.9 Å². The summed E-state index contributed by atoms with van der Waals surface area (Å²) in [5.74, 6) is -3.56. The first-order valence-electron chi connectivity index (χ1n) is 16.1. The average molecular weight is 743 g/mol. The Balaban J connectivity index is 1.49. The molecule has 2 N–H and O–H groups in total. The van der Waals surface area contributed by atoms with Gasteiger partial charge in [-0.05, 0) is 43.4 Å². The van der Waals surface area contributed by atoms with Gasteiger partial charge in [0.25, 0.3) is 5.91 Å². The molecule has 1 spiro atoms. The summed E-state index contributed by atoms with van der Waals surface area (Å²) < 4.78 is 12.2. The summed E-state index contributed by atoms with van der Waals surface area (Å²) >= 11 is 10.3. The van der Waals surface area contributed by atoms with Crippen LogP contribution >= 0.6 is 27.5 Å². The number of rotatable bonds is 15. The zero-order valence-corrected chi connectivity index (χ0v) is 29.2. The number of nitrogens with one attached hydrogen (secondary N) is 1. The topological polar surface area (TPSA) is 125 Å². The van der Waals surface area contributed by atoms with Crippen molar-refractivity contribution in [3.05, 3.63) is 90.0 Å². The number of carbonyl (C=O) groups is 4. The zero-order valence-electron chi connectivity index (χ0n) is 26.9. The van der Waals surface area contributed by atoms with E-state index in [0.717, 1.165) is 11.1 Å². The van der Waals surface area contributed by atoms with Crippen molar-refractivity contribution in [3.63, 3.8) is 0 Å². The Morgan fingerprint density at radius 3 is 2.62 bits per heavy atom. The Morgan fingerprint density at radius 1 is 1.21 bits per heavy atom. The minimum Gasteiger partial charge on any atom is -0.463 e. The van der Waals surface area contributed by atoms with Crippen molar-refractivity contribution in [1.29, 1.82) is 0 Å². The summed E-state index contributed by atoms with van der Waals surface area (Å²) in [5.41, 5.74) is 0.673. The van der Waals surface area contributed by atoms with Gasteiger partial charge in [-0.25, -0.2) is 0 Å². The molecule has 3 amide bonds. The van der Waals surface area contributed by atoms with Crippen LogP contribution in [0, 0.1) is 18.8 Å². The molecule has 0 aromatic heterocycles. The fraction of sp³-hybridized carbons (Fsp3) is 0.444. The maximum absolute atomic E-state index is 14.8. The number of hydrogen-bond donors (Lipinski definition) is 2. The highest BCUT2D eigenvalue weighted by atomic mass is 79.9. The number of para-hydroxylation sites is 1. The number of carbonyl (C=O) groups excluding carboxylic acids is 4. The van der Waals surface area contributed by atoms with Gasteiger partial charge < -0.3 is 29.7 Å². The van der Waals surface area contributed by atoms with Gasteiger partial charge in [0, 0.05) is 30.9 Å². The van der Waals surface area contributed by atoms with Crippen LogP contribution in [0.4, 0.5) is 5.69 Å². The molecule has 2 aromatic carbocycles. The summed E-state index contributed by atoms with van der Waals surface area (Å²) in [6.45, 7) is 9.25. The number of amides is 3. The number of aliphatic hydroxyl groups is 1. The third-order valence-corrected chi connectivity index (χ3v) is 10.6. The summed E-state index contributed by atoms with van der Waals surface area (Å²) in [7, 11) is 0. The normalized spacial score (nSPS) is 26.1. The summed E-state index contributed by atoms with van der Waals surface area (Å²) in [6.07, 6.45) is 3.70. The van der Waals surface area contributed by atoms with Crippen molar-refractivity contribution < 1.29 is 33.8 Å². The average Bonchev–Trinajstić information content (AvgIpc) is 3.67. The van der Waals surface area contributed by atoms with Gasteiger partial charge in [0.05, 0.1) is 34.7 Å². The van der Waals surface area contributed by atoms with Crippen molar-refractivity contribution in [3.8, 4) is 0 Å². The van der Waals surface area contributed by atoms with E-state index in [1.54, 1.807) is 24.3 Å². The maximum atomic E-state index is 14.8. The van der Waals surface area contributed by atoms with E-state index in [0.29, 0.717) is 23.6 Å². The van der Waals surface area contributed by atoms with Gasteiger partial charge in [-0.15, -0.1) is 13.2 Å². The van der Waals surface area contributed by atoms with Crippen LogP contribution in [0.15, 0.2) is 73.8 Å². The van der Waals surface area contributed by atoms with E-state index < -0.39 is 53.4 Å². The van der Waals surface area contributed by atoms with Gasteiger partial charge in [-0.1, -0.05) is 82.1 Å². The number of halogens is 2. The second-order valence-corrected chi connectivity index (χ2v) is 14.0. The Labute approximate surface area is 294 Å². The van der Waals surface area contributed by atoms with Crippen LogP contribution in [0.3, 0.4) is 0 Å². The number of anilines is 1. The predicted molar refractivity (Wildman–Crippen MR) is 186 cm³/mol. The molecular formula is C36H41BrClN3O7. The molecule has 3 saturated heterocycles. The highest BCUT2D eigenvalue weighted by Crippen LogP contribution is 2.60. The van der Waals surface area contributed by atoms with Gasteiger partial charge >= 0.3 is 5.97 Å². The maximum Gasteiger partial charge on any atom is 0.306 e.